The van der Waals surface area contributed by atoms with Crippen LogP contribution in [-0.4, -0.2) is 36.5 Å². The monoisotopic (exact) mass is 253 g/mol. The molecule has 0 aromatic rings. The van der Waals surface area contributed by atoms with Crippen molar-refractivity contribution >= 4 is 0 Å². The molecule has 0 heterocycles. The molecule has 1 fully saturated rings. The molecule has 104 valence electrons. The predicted octanol–water partition coefficient (Wildman–Crippen LogP) is 2.25. The molecule has 2 rings (SSSR count). The average Bonchev–Trinajstić information content (AvgIpc) is 2.88. The van der Waals surface area contributed by atoms with E-state index in [4.69, 9.17) is 4.74 Å². The first-order valence-corrected chi connectivity index (χ1v) is 7.43. The molecule has 0 spiro atoms. The van der Waals surface area contributed by atoms with Gasteiger partial charge in [0.05, 0.1) is 18.8 Å². The highest BCUT2D eigenvalue weighted by Gasteiger charge is 2.22. The molecule has 3 nitrogen and oxygen atoms in total. The van der Waals surface area contributed by atoms with E-state index in [-0.39, 0.29) is 6.10 Å². The van der Waals surface area contributed by atoms with Crippen LogP contribution in [0.25, 0.3) is 0 Å². The van der Waals surface area contributed by atoms with E-state index in [1.807, 2.05) is 0 Å². The highest BCUT2D eigenvalue weighted by molar-refractivity contribution is 4.97. The molecule has 2 aliphatic rings. The summed E-state index contributed by atoms with van der Waals surface area (Å²) >= 11 is 0. The summed E-state index contributed by atoms with van der Waals surface area (Å²) in [6.07, 6.45) is 11.6. The fourth-order valence-electron chi connectivity index (χ4n) is 2.91. The third-order valence-electron chi connectivity index (χ3n) is 4.19. The molecule has 2 aliphatic carbocycles. The van der Waals surface area contributed by atoms with E-state index in [0.29, 0.717) is 31.2 Å². The van der Waals surface area contributed by atoms with Gasteiger partial charge in [-0.3, -0.25) is 0 Å². The van der Waals surface area contributed by atoms with E-state index < -0.39 is 0 Å². The van der Waals surface area contributed by atoms with Gasteiger partial charge in [-0.1, -0.05) is 31.9 Å². The van der Waals surface area contributed by atoms with Gasteiger partial charge in [-0.25, -0.2) is 0 Å². The van der Waals surface area contributed by atoms with E-state index in [2.05, 4.69) is 24.4 Å². The van der Waals surface area contributed by atoms with Crippen molar-refractivity contribution in [1.82, 2.24) is 5.32 Å². The maximum atomic E-state index is 9.92. The van der Waals surface area contributed by atoms with E-state index in [1.54, 1.807) is 0 Å². The molecule has 0 aromatic heterocycles. The van der Waals surface area contributed by atoms with E-state index in [9.17, 15) is 5.11 Å². The summed E-state index contributed by atoms with van der Waals surface area (Å²) in [4.78, 5) is 0. The van der Waals surface area contributed by atoms with Crippen LogP contribution in [0.4, 0.5) is 0 Å². The van der Waals surface area contributed by atoms with Crippen LogP contribution in [0.3, 0.4) is 0 Å². The van der Waals surface area contributed by atoms with E-state index >= 15 is 0 Å². The zero-order chi connectivity index (χ0) is 12.8. The summed E-state index contributed by atoms with van der Waals surface area (Å²) in [5.74, 6) is 0.651. The maximum Gasteiger partial charge on any atom is 0.0897 e. The van der Waals surface area contributed by atoms with Gasteiger partial charge < -0.3 is 15.2 Å². The number of nitrogens with one attached hydrogen (secondary N) is 1. The van der Waals surface area contributed by atoms with Gasteiger partial charge in [-0.2, -0.15) is 0 Å². The summed E-state index contributed by atoms with van der Waals surface area (Å²) in [6.45, 7) is 3.38. The lowest BCUT2D eigenvalue weighted by molar-refractivity contribution is -0.0455. The topological polar surface area (TPSA) is 41.5 Å². The Bertz CT molecular complexity index is 259. The molecule has 0 aromatic carbocycles. The molecule has 1 saturated carbocycles. The fourth-order valence-corrected chi connectivity index (χ4v) is 2.91. The average molecular weight is 253 g/mol. The number of aliphatic hydroxyl groups is 1. The summed E-state index contributed by atoms with van der Waals surface area (Å²) < 4.78 is 5.87. The molecule has 0 bridgehead atoms. The van der Waals surface area contributed by atoms with Gasteiger partial charge in [0.2, 0.25) is 0 Å². The van der Waals surface area contributed by atoms with Crippen LogP contribution >= 0.6 is 0 Å². The Balaban J connectivity index is 1.57. The minimum Gasteiger partial charge on any atom is -0.389 e. The van der Waals surface area contributed by atoms with Crippen molar-refractivity contribution in [3.05, 3.63) is 12.2 Å². The van der Waals surface area contributed by atoms with Gasteiger partial charge in [0.15, 0.2) is 0 Å². The highest BCUT2D eigenvalue weighted by atomic mass is 16.5. The summed E-state index contributed by atoms with van der Waals surface area (Å²) in [6, 6.07) is 0.522. The van der Waals surface area contributed by atoms with E-state index in [1.165, 1.54) is 19.3 Å². The van der Waals surface area contributed by atoms with Crippen molar-refractivity contribution in [2.75, 3.05) is 13.2 Å². The summed E-state index contributed by atoms with van der Waals surface area (Å²) in [7, 11) is 0. The summed E-state index contributed by atoms with van der Waals surface area (Å²) in [5.41, 5.74) is 0. The number of ether oxygens (including phenoxy) is 1. The lowest BCUT2D eigenvalue weighted by Crippen LogP contribution is -2.38. The zero-order valence-corrected chi connectivity index (χ0v) is 11.5. The highest BCUT2D eigenvalue weighted by Crippen LogP contribution is 2.26. The lowest BCUT2D eigenvalue weighted by atomic mass is 9.88. The van der Waals surface area contributed by atoms with Crippen LogP contribution in [-0.2, 0) is 4.74 Å². The Labute approximate surface area is 111 Å². The van der Waals surface area contributed by atoms with Crippen LogP contribution in [0.15, 0.2) is 12.2 Å². The van der Waals surface area contributed by atoms with Gasteiger partial charge in [0.25, 0.3) is 0 Å². The second kappa shape index (κ2) is 7.27. The quantitative estimate of drug-likeness (QED) is 0.713. The number of aliphatic hydroxyl groups excluding tert-OH is 1. The molecule has 3 unspecified atom stereocenters. The van der Waals surface area contributed by atoms with Gasteiger partial charge in [-0.15, -0.1) is 0 Å². The van der Waals surface area contributed by atoms with Crippen LogP contribution in [0.1, 0.15) is 45.4 Å². The first-order chi connectivity index (χ1) is 8.75. The zero-order valence-electron chi connectivity index (χ0n) is 11.5. The van der Waals surface area contributed by atoms with Gasteiger partial charge in [-0.05, 0) is 31.6 Å². The molecule has 2 N–H and O–H groups in total. The second-order valence-corrected chi connectivity index (χ2v) is 5.84. The second-order valence-electron chi connectivity index (χ2n) is 5.84. The van der Waals surface area contributed by atoms with Crippen LogP contribution in [0, 0.1) is 5.92 Å². The maximum absolute atomic E-state index is 9.92. The van der Waals surface area contributed by atoms with Gasteiger partial charge in [0.1, 0.15) is 0 Å². The Kier molecular flexibility index (Phi) is 5.67. The van der Waals surface area contributed by atoms with Gasteiger partial charge >= 0.3 is 0 Å². The lowest BCUT2D eigenvalue weighted by Gasteiger charge is -2.29. The Hall–Kier alpha value is -0.380. The van der Waals surface area contributed by atoms with Crippen LogP contribution < -0.4 is 5.32 Å². The predicted molar refractivity (Wildman–Crippen MR) is 73.5 cm³/mol. The normalized spacial score (nSPS) is 30.8. The largest absolute Gasteiger partial charge is 0.389 e. The Morgan fingerprint density at radius 3 is 2.72 bits per heavy atom. The molecular weight excluding hydrogens is 226 g/mol. The molecule has 3 heteroatoms. The number of rotatable bonds is 6. The fraction of sp³-hybridized carbons (Fsp3) is 0.867. The minimum absolute atomic E-state index is 0.363. The van der Waals surface area contributed by atoms with Crippen molar-refractivity contribution < 1.29 is 9.84 Å². The number of hydrogen-bond acceptors (Lipinski definition) is 3. The van der Waals surface area contributed by atoms with Crippen LogP contribution in [0.2, 0.25) is 0 Å². The molecule has 18 heavy (non-hydrogen) atoms. The number of hydrogen-bond donors (Lipinski definition) is 2. The first kappa shape index (κ1) is 14.0. The molecule has 0 aliphatic heterocycles. The third-order valence-corrected chi connectivity index (χ3v) is 4.19. The Morgan fingerprint density at radius 2 is 2.00 bits per heavy atom. The van der Waals surface area contributed by atoms with Crippen LogP contribution in [0.5, 0.6) is 0 Å². The Morgan fingerprint density at radius 1 is 1.28 bits per heavy atom. The van der Waals surface area contributed by atoms with Crippen molar-refractivity contribution in [3.8, 4) is 0 Å². The molecule has 3 atom stereocenters. The minimum atomic E-state index is -0.375. The molecular formula is C15H27NO2. The third kappa shape index (κ3) is 4.38. The van der Waals surface area contributed by atoms with Gasteiger partial charge in [0, 0.05) is 12.6 Å². The SMILES string of the molecule is CC1CCCCC1OCC(O)CNC1CC=CC1. The van der Waals surface area contributed by atoms with Crippen molar-refractivity contribution in [3.63, 3.8) is 0 Å². The smallest absolute Gasteiger partial charge is 0.0897 e. The molecule has 0 saturated heterocycles. The standard InChI is InChI=1S/C15H27NO2/c1-12-6-2-5-9-15(12)18-11-14(17)10-16-13-7-3-4-8-13/h3-4,12-17H,2,5-11H2,1H3. The molecule has 0 amide bonds. The molecule has 0 radical (unpaired) electrons. The summed E-state index contributed by atoms with van der Waals surface area (Å²) in [5, 5.41) is 13.3. The van der Waals surface area contributed by atoms with E-state index in [0.717, 1.165) is 19.3 Å². The van der Waals surface area contributed by atoms with Crippen molar-refractivity contribution in [2.24, 2.45) is 5.92 Å². The first-order valence-electron chi connectivity index (χ1n) is 7.43. The van der Waals surface area contributed by atoms with Crippen molar-refractivity contribution in [1.29, 1.82) is 0 Å². The van der Waals surface area contributed by atoms with Crippen molar-refractivity contribution in [2.45, 2.75) is 63.7 Å².